The van der Waals surface area contributed by atoms with Crippen LogP contribution in [-0.4, -0.2) is 64.6 Å². The van der Waals surface area contributed by atoms with Gasteiger partial charge in [0.15, 0.2) is 0 Å². The molecule has 0 bridgehead atoms. The first-order chi connectivity index (χ1) is 14.7. The zero-order valence-electron chi connectivity index (χ0n) is 16.3. The van der Waals surface area contributed by atoms with Gasteiger partial charge in [-0.3, -0.25) is 9.88 Å². The Bertz CT molecular complexity index is 970. The zero-order chi connectivity index (χ0) is 20.3. The van der Waals surface area contributed by atoms with E-state index in [1.165, 1.54) is 12.1 Å². The van der Waals surface area contributed by atoms with Crippen molar-refractivity contribution in [2.75, 3.05) is 31.6 Å². The van der Waals surface area contributed by atoms with Gasteiger partial charge < -0.3 is 19.3 Å². The van der Waals surface area contributed by atoms with E-state index in [4.69, 9.17) is 14.0 Å². The molecule has 0 aliphatic carbocycles. The number of anilines is 1. The minimum Gasteiger partial charge on any atom is -0.378 e. The maximum absolute atomic E-state index is 13.4. The van der Waals surface area contributed by atoms with Crippen molar-refractivity contribution in [3.63, 3.8) is 0 Å². The van der Waals surface area contributed by atoms with Crippen LogP contribution in [0.3, 0.4) is 0 Å². The number of likely N-dealkylation sites (tertiary alicyclic amines) is 1. The monoisotopic (exact) mass is 411 g/mol. The number of hydrogen-bond donors (Lipinski definition) is 1. The molecule has 1 N–H and O–H groups in total. The van der Waals surface area contributed by atoms with Crippen molar-refractivity contribution in [1.29, 1.82) is 0 Å². The highest BCUT2D eigenvalue weighted by Gasteiger charge is 2.38. The van der Waals surface area contributed by atoms with Crippen LogP contribution in [0, 0.1) is 5.82 Å². The van der Waals surface area contributed by atoms with E-state index in [-0.39, 0.29) is 24.1 Å². The van der Waals surface area contributed by atoms with Crippen LogP contribution in [0.4, 0.5) is 10.1 Å². The van der Waals surface area contributed by atoms with Crippen molar-refractivity contribution >= 4 is 5.69 Å². The van der Waals surface area contributed by atoms with Crippen LogP contribution in [0.1, 0.15) is 5.89 Å². The number of hydrogen-bond acceptors (Lipinski definition) is 8. The van der Waals surface area contributed by atoms with Crippen LogP contribution in [0.2, 0.25) is 0 Å². The quantitative estimate of drug-likeness (QED) is 0.685. The van der Waals surface area contributed by atoms with Crippen LogP contribution in [0.15, 0.2) is 53.3 Å². The van der Waals surface area contributed by atoms with Gasteiger partial charge in [-0.1, -0.05) is 11.2 Å². The van der Waals surface area contributed by atoms with Crippen LogP contribution in [0.5, 0.6) is 0 Å². The van der Waals surface area contributed by atoms with Gasteiger partial charge in [-0.15, -0.1) is 0 Å². The first kappa shape index (κ1) is 19.1. The molecule has 0 amide bonds. The van der Waals surface area contributed by atoms with E-state index >= 15 is 0 Å². The number of halogens is 1. The number of nitrogens with one attached hydrogen (secondary N) is 1. The van der Waals surface area contributed by atoms with Gasteiger partial charge in [0.25, 0.3) is 0 Å². The summed E-state index contributed by atoms with van der Waals surface area (Å²) in [6, 6.07) is 10.1. The molecule has 1 aromatic carbocycles. The fraction of sp³-hybridized carbons (Fsp3) is 0.381. The Kier molecular flexibility index (Phi) is 5.39. The second-order valence-corrected chi connectivity index (χ2v) is 7.54. The van der Waals surface area contributed by atoms with Gasteiger partial charge in [0.1, 0.15) is 5.82 Å². The van der Waals surface area contributed by atoms with Crippen molar-refractivity contribution in [3.05, 3.63) is 60.5 Å². The molecule has 8 nitrogen and oxygen atoms in total. The number of fused-ring (bicyclic) bond motifs is 1. The van der Waals surface area contributed by atoms with E-state index < -0.39 is 0 Å². The van der Waals surface area contributed by atoms with E-state index in [9.17, 15) is 4.39 Å². The lowest BCUT2D eigenvalue weighted by Crippen LogP contribution is -2.31. The Morgan fingerprint density at radius 1 is 1.10 bits per heavy atom. The first-order valence-corrected chi connectivity index (χ1v) is 9.93. The van der Waals surface area contributed by atoms with E-state index in [0.29, 0.717) is 31.5 Å². The van der Waals surface area contributed by atoms with Crippen LogP contribution in [0.25, 0.3) is 11.4 Å². The molecule has 9 heteroatoms. The van der Waals surface area contributed by atoms with E-state index in [2.05, 4.69) is 25.3 Å². The highest BCUT2D eigenvalue weighted by Crippen LogP contribution is 2.23. The largest absolute Gasteiger partial charge is 0.378 e. The Hall–Kier alpha value is -2.88. The van der Waals surface area contributed by atoms with Gasteiger partial charge in [-0.05, 0) is 30.3 Å². The van der Waals surface area contributed by atoms with Crippen LogP contribution < -0.4 is 5.32 Å². The first-order valence-electron chi connectivity index (χ1n) is 9.93. The lowest BCUT2D eigenvalue weighted by atomic mass is 10.2. The average Bonchev–Trinajstić information content (AvgIpc) is 3.33. The van der Waals surface area contributed by atoms with Crippen LogP contribution in [-0.2, 0) is 16.0 Å². The minimum atomic E-state index is -0.268. The molecule has 3 aromatic rings. The molecule has 2 saturated heterocycles. The molecular weight excluding hydrogens is 389 g/mol. The maximum atomic E-state index is 13.4. The highest BCUT2D eigenvalue weighted by molar-refractivity contribution is 5.51. The normalized spacial score (nSPS) is 22.6. The summed E-state index contributed by atoms with van der Waals surface area (Å²) in [6.45, 7) is 2.98. The Balaban J connectivity index is 1.15. The summed E-state index contributed by atoms with van der Waals surface area (Å²) in [5, 5.41) is 7.32. The summed E-state index contributed by atoms with van der Waals surface area (Å²) in [6.07, 6.45) is 3.37. The van der Waals surface area contributed by atoms with Crippen LogP contribution >= 0.6 is 0 Å². The summed E-state index contributed by atoms with van der Waals surface area (Å²) in [4.78, 5) is 10.7. The van der Waals surface area contributed by atoms with E-state index in [0.717, 1.165) is 24.3 Å². The number of nitrogens with zero attached hydrogens (tertiary/aromatic N) is 4. The fourth-order valence-electron chi connectivity index (χ4n) is 3.82. The lowest BCUT2D eigenvalue weighted by Gasteiger charge is -2.19. The molecule has 30 heavy (non-hydrogen) atoms. The topological polar surface area (TPSA) is 85.5 Å². The van der Waals surface area contributed by atoms with Gasteiger partial charge >= 0.3 is 0 Å². The third-order valence-corrected chi connectivity index (χ3v) is 5.26. The highest BCUT2D eigenvalue weighted by atomic mass is 19.1. The summed E-state index contributed by atoms with van der Waals surface area (Å²) >= 11 is 0. The Morgan fingerprint density at radius 3 is 2.67 bits per heavy atom. The Morgan fingerprint density at radius 2 is 1.93 bits per heavy atom. The van der Waals surface area contributed by atoms with Crippen molar-refractivity contribution < 1.29 is 18.4 Å². The average molecular weight is 411 g/mol. The van der Waals surface area contributed by atoms with Crippen molar-refractivity contribution in [2.24, 2.45) is 0 Å². The molecule has 2 aliphatic heterocycles. The third kappa shape index (κ3) is 4.33. The number of rotatable bonds is 5. The van der Waals surface area contributed by atoms with Gasteiger partial charge in [-0.2, -0.15) is 4.98 Å². The Labute approximate surface area is 173 Å². The lowest BCUT2D eigenvalue weighted by molar-refractivity contribution is -0.00461. The second-order valence-electron chi connectivity index (χ2n) is 7.54. The van der Waals surface area contributed by atoms with Crippen molar-refractivity contribution in [1.82, 2.24) is 20.0 Å². The van der Waals surface area contributed by atoms with Gasteiger partial charge in [0.05, 0.1) is 38.0 Å². The summed E-state index contributed by atoms with van der Waals surface area (Å²) in [5.41, 5.74) is 1.55. The fourth-order valence-corrected chi connectivity index (χ4v) is 3.82. The van der Waals surface area contributed by atoms with Gasteiger partial charge in [0.2, 0.25) is 11.7 Å². The molecule has 2 fully saturated rings. The molecule has 0 saturated carbocycles. The smallest absolute Gasteiger partial charge is 0.241 e. The SMILES string of the molecule is Fc1cccc(NC2CO[C@H]3CN(Cc4nc(-c5cccnc5)no4)C[C@@H]3OC2)c1. The van der Waals surface area contributed by atoms with Crippen molar-refractivity contribution in [2.45, 2.75) is 24.8 Å². The van der Waals surface area contributed by atoms with Gasteiger partial charge in [0, 0.05) is 36.7 Å². The number of aromatic nitrogens is 3. The summed E-state index contributed by atoms with van der Waals surface area (Å²) < 4.78 is 31.0. The maximum Gasteiger partial charge on any atom is 0.241 e. The molecular formula is C21H22FN5O3. The molecule has 0 spiro atoms. The third-order valence-electron chi connectivity index (χ3n) is 5.26. The van der Waals surface area contributed by atoms with E-state index in [1.807, 2.05) is 18.2 Å². The van der Waals surface area contributed by atoms with Crippen molar-refractivity contribution in [3.8, 4) is 11.4 Å². The standard InChI is InChI=1S/C21H22FN5O3/c22-15-4-1-5-16(7-15)24-17-12-28-18-9-27(10-19(18)29-13-17)11-20-25-21(26-30-20)14-3-2-6-23-8-14/h1-8,17-19,24H,9-13H2/t18-,19-/m0/s1. The van der Waals surface area contributed by atoms with E-state index in [1.54, 1.807) is 18.5 Å². The molecule has 2 atom stereocenters. The molecule has 4 heterocycles. The number of ether oxygens (including phenoxy) is 2. The number of benzene rings is 1. The van der Waals surface area contributed by atoms with Gasteiger partial charge in [-0.25, -0.2) is 4.39 Å². The molecule has 2 aliphatic rings. The zero-order valence-corrected chi connectivity index (χ0v) is 16.3. The molecule has 0 unspecified atom stereocenters. The molecule has 2 aromatic heterocycles. The molecule has 5 rings (SSSR count). The molecule has 0 radical (unpaired) electrons. The second kappa shape index (κ2) is 8.47. The molecule has 156 valence electrons. The predicted octanol–water partition coefficient (Wildman–Crippen LogP) is 2.35. The number of pyridine rings is 1. The summed E-state index contributed by atoms with van der Waals surface area (Å²) in [5.74, 6) is 0.817. The predicted molar refractivity (Wildman–Crippen MR) is 106 cm³/mol. The minimum absolute atomic E-state index is 0.0231. The summed E-state index contributed by atoms with van der Waals surface area (Å²) in [7, 11) is 0.